The maximum Gasteiger partial charge on any atom is 0.229 e. The Hall–Kier alpha value is -2.43. The third kappa shape index (κ3) is 3.91. The predicted molar refractivity (Wildman–Crippen MR) is 96.1 cm³/mol. The van der Waals surface area contributed by atoms with Gasteiger partial charge in [-0.3, -0.25) is 4.79 Å². The Labute approximate surface area is 143 Å². The van der Waals surface area contributed by atoms with Crippen LogP contribution >= 0.6 is 0 Å². The van der Waals surface area contributed by atoms with E-state index in [2.05, 4.69) is 46.2 Å². The summed E-state index contributed by atoms with van der Waals surface area (Å²) in [5.74, 6) is 1.20. The van der Waals surface area contributed by atoms with Crippen LogP contribution in [0.4, 0.5) is 11.6 Å². The summed E-state index contributed by atoms with van der Waals surface area (Å²) < 4.78 is 0. The standard InChI is InChI=1S/C19H24N4O/c1-14(2)15-6-3-8-17(12-15)22-18(24)16-7-4-11-23(13-16)19-20-9-5-10-21-19/h3,5-6,8-10,12,14,16H,4,7,11,13H2,1-2H3,(H,22,24). The zero-order valence-electron chi connectivity index (χ0n) is 14.3. The number of nitrogens with one attached hydrogen (secondary N) is 1. The highest BCUT2D eigenvalue weighted by Gasteiger charge is 2.27. The number of hydrogen-bond donors (Lipinski definition) is 1. The maximum atomic E-state index is 12.6. The van der Waals surface area contributed by atoms with E-state index in [9.17, 15) is 4.79 Å². The molecule has 126 valence electrons. The summed E-state index contributed by atoms with van der Waals surface area (Å²) in [5, 5.41) is 3.07. The average molecular weight is 324 g/mol. The molecule has 1 unspecified atom stereocenters. The second-order valence-corrected chi connectivity index (χ2v) is 6.60. The van der Waals surface area contributed by atoms with Crippen LogP contribution in [0.3, 0.4) is 0 Å². The van der Waals surface area contributed by atoms with Crippen LogP contribution in [0.1, 0.15) is 38.2 Å². The van der Waals surface area contributed by atoms with Gasteiger partial charge in [-0.2, -0.15) is 0 Å². The lowest BCUT2D eigenvalue weighted by molar-refractivity contribution is -0.120. The molecule has 1 N–H and O–H groups in total. The molecule has 1 fully saturated rings. The van der Waals surface area contributed by atoms with E-state index in [0.717, 1.165) is 25.1 Å². The lowest BCUT2D eigenvalue weighted by atomic mass is 9.97. The number of amides is 1. The molecule has 5 nitrogen and oxygen atoms in total. The summed E-state index contributed by atoms with van der Waals surface area (Å²) in [6.07, 6.45) is 5.36. The SMILES string of the molecule is CC(C)c1cccc(NC(=O)C2CCCN(c3ncccn3)C2)c1. The monoisotopic (exact) mass is 324 g/mol. The molecule has 1 saturated heterocycles. The van der Waals surface area contributed by atoms with Crippen LogP contribution in [0.2, 0.25) is 0 Å². The fourth-order valence-corrected chi connectivity index (χ4v) is 3.05. The predicted octanol–water partition coefficient (Wildman–Crippen LogP) is 3.46. The van der Waals surface area contributed by atoms with Gasteiger partial charge >= 0.3 is 0 Å². The molecule has 0 spiro atoms. The van der Waals surface area contributed by atoms with E-state index in [1.165, 1.54) is 5.56 Å². The number of rotatable bonds is 4. The third-order valence-corrected chi connectivity index (χ3v) is 4.45. The molecule has 0 aliphatic carbocycles. The average Bonchev–Trinajstić information content (AvgIpc) is 2.63. The second-order valence-electron chi connectivity index (χ2n) is 6.60. The van der Waals surface area contributed by atoms with Gasteiger partial charge in [0.2, 0.25) is 11.9 Å². The van der Waals surface area contributed by atoms with Gasteiger partial charge in [-0.05, 0) is 42.5 Å². The molecule has 0 saturated carbocycles. The van der Waals surface area contributed by atoms with Crippen LogP contribution in [0.15, 0.2) is 42.7 Å². The summed E-state index contributed by atoms with van der Waals surface area (Å²) in [5.41, 5.74) is 2.11. The van der Waals surface area contributed by atoms with Gasteiger partial charge in [0.05, 0.1) is 5.92 Å². The number of anilines is 2. The van der Waals surface area contributed by atoms with Gasteiger partial charge in [-0.25, -0.2) is 9.97 Å². The van der Waals surface area contributed by atoms with E-state index >= 15 is 0 Å². The molecule has 1 aliphatic rings. The first-order valence-electron chi connectivity index (χ1n) is 8.56. The van der Waals surface area contributed by atoms with Crippen LogP contribution in [0.5, 0.6) is 0 Å². The summed E-state index contributed by atoms with van der Waals surface area (Å²) in [4.78, 5) is 23.3. The third-order valence-electron chi connectivity index (χ3n) is 4.45. The Balaban J connectivity index is 1.65. The van der Waals surface area contributed by atoms with Crippen molar-refractivity contribution in [1.82, 2.24) is 9.97 Å². The first-order valence-corrected chi connectivity index (χ1v) is 8.56. The van der Waals surface area contributed by atoms with Gasteiger partial charge in [0, 0.05) is 31.2 Å². The van der Waals surface area contributed by atoms with Gasteiger partial charge in [-0.1, -0.05) is 26.0 Å². The molecule has 3 rings (SSSR count). The van der Waals surface area contributed by atoms with Gasteiger partial charge in [0.1, 0.15) is 0 Å². The normalized spacial score (nSPS) is 17.8. The summed E-state index contributed by atoms with van der Waals surface area (Å²) in [6, 6.07) is 9.90. The van der Waals surface area contributed by atoms with E-state index in [0.29, 0.717) is 18.4 Å². The first kappa shape index (κ1) is 16.4. The lowest BCUT2D eigenvalue weighted by Crippen LogP contribution is -2.41. The number of nitrogens with zero attached hydrogens (tertiary/aromatic N) is 3. The Bertz CT molecular complexity index is 687. The maximum absolute atomic E-state index is 12.6. The molecule has 2 heterocycles. The number of benzene rings is 1. The van der Waals surface area contributed by atoms with E-state index in [4.69, 9.17) is 0 Å². The van der Waals surface area contributed by atoms with Crippen molar-refractivity contribution in [2.45, 2.75) is 32.6 Å². The second kappa shape index (κ2) is 7.43. The van der Waals surface area contributed by atoms with Crippen molar-refractivity contribution in [3.05, 3.63) is 48.3 Å². The van der Waals surface area contributed by atoms with Crippen molar-refractivity contribution in [1.29, 1.82) is 0 Å². The van der Waals surface area contributed by atoms with E-state index in [1.807, 2.05) is 12.1 Å². The van der Waals surface area contributed by atoms with Crippen LogP contribution in [-0.2, 0) is 4.79 Å². The molecule has 5 heteroatoms. The minimum absolute atomic E-state index is 0.0368. The highest BCUT2D eigenvalue weighted by atomic mass is 16.1. The van der Waals surface area contributed by atoms with Crippen molar-refractivity contribution < 1.29 is 4.79 Å². The highest BCUT2D eigenvalue weighted by Crippen LogP contribution is 2.23. The van der Waals surface area contributed by atoms with Crippen molar-refractivity contribution in [3.63, 3.8) is 0 Å². The number of aromatic nitrogens is 2. The smallest absolute Gasteiger partial charge is 0.229 e. The molecule has 1 aromatic heterocycles. The van der Waals surface area contributed by atoms with Crippen LogP contribution in [-0.4, -0.2) is 29.0 Å². The number of piperidine rings is 1. The van der Waals surface area contributed by atoms with Crippen molar-refractivity contribution in [3.8, 4) is 0 Å². The molecule has 24 heavy (non-hydrogen) atoms. The van der Waals surface area contributed by atoms with Crippen LogP contribution < -0.4 is 10.2 Å². The lowest BCUT2D eigenvalue weighted by Gasteiger charge is -2.31. The minimum atomic E-state index is -0.0368. The fourth-order valence-electron chi connectivity index (χ4n) is 3.05. The molecular formula is C19H24N4O. The van der Waals surface area contributed by atoms with E-state index < -0.39 is 0 Å². The molecule has 1 aliphatic heterocycles. The van der Waals surface area contributed by atoms with Crippen LogP contribution in [0.25, 0.3) is 0 Å². The zero-order chi connectivity index (χ0) is 16.9. The number of hydrogen-bond acceptors (Lipinski definition) is 4. The molecule has 1 atom stereocenters. The van der Waals surface area contributed by atoms with Crippen molar-refractivity contribution in [2.24, 2.45) is 5.92 Å². The van der Waals surface area contributed by atoms with Gasteiger partial charge in [0.25, 0.3) is 0 Å². The molecule has 0 bridgehead atoms. The van der Waals surface area contributed by atoms with E-state index in [1.54, 1.807) is 18.5 Å². The molecule has 1 aromatic carbocycles. The van der Waals surface area contributed by atoms with E-state index in [-0.39, 0.29) is 11.8 Å². The molecule has 0 radical (unpaired) electrons. The Kier molecular flexibility index (Phi) is 5.08. The van der Waals surface area contributed by atoms with Crippen molar-refractivity contribution >= 4 is 17.5 Å². The Morgan fingerprint density at radius 2 is 2.04 bits per heavy atom. The fraction of sp³-hybridized carbons (Fsp3) is 0.421. The zero-order valence-corrected chi connectivity index (χ0v) is 14.3. The first-order chi connectivity index (χ1) is 11.6. The number of carbonyl (C=O) groups is 1. The summed E-state index contributed by atoms with van der Waals surface area (Å²) in [6.45, 7) is 5.87. The number of carbonyl (C=O) groups excluding carboxylic acids is 1. The van der Waals surface area contributed by atoms with Crippen molar-refractivity contribution in [2.75, 3.05) is 23.3 Å². The quantitative estimate of drug-likeness (QED) is 0.936. The van der Waals surface area contributed by atoms with Crippen LogP contribution in [0, 0.1) is 5.92 Å². The van der Waals surface area contributed by atoms with Gasteiger partial charge < -0.3 is 10.2 Å². The molecule has 1 amide bonds. The van der Waals surface area contributed by atoms with Gasteiger partial charge in [-0.15, -0.1) is 0 Å². The molecular weight excluding hydrogens is 300 g/mol. The highest BCUT2D eigenvalue weighted by molar-refractivity contribution is 5.93. The van der Waals surface area contributed by atoms with Gasteiger partial charge in [0.15, 0.2) is 0 Å². The summed E-state index contributed by atoms with van der Waals surface area (Å²) >= 11 is 0. The molecule has 2 aromatic rings. The summed E-state index contributed by atoms with van der Waals surface area (Å²) in [7, 11) is 0. The Morgan fingerprint density at radius 1 is 1.25 bits per heavy atom. The topological polar surface area (TPSA) is 58.1 Å². The minimum Gasteiger partial charge on any atom is -0.340 e. The largest absolute Gasteiger partial charge is 0.340 e. The Morgan fingerprint density at radius 3 is 2.79 bits per heavy atom.